The van der Waals surface area contributed by atoms with E-state index in [9.17, 15) is 9.59 Å². The van der Waals surface area contributed by atoms with Gasteiger partial charge in [-0.1, -0.05) is 5.92 Å². The number of urea groups is 1. The maximum atomic E-state index is 11.6. The lowest BCUT2D eigenvalue weighted by Crippen LogP contribution is -2.40. The molecule has 0 spiro atoms. The first-order chi connectivity index (χ1) is 8.54. The third-order valence-electron chi connectivity index (χ3n) is 3.41. The minimum Gasteiger partial charge on any atom is -0.481 e. The number of nitrogens with zero attached hydrogens (tertiary/aromatic N) is 1. The van der Waals surface area contributed by atoms with Crippen LogP contribution in [-0.2, 0) is 4.79 Å². The van der Waals surface area contributed by atoms with Crippen LogP contribution < -0.4 is 5.32 Å². The van der Waals surface area contributed by atoms with Crippen molar-refractivity contribution >= 4 is 12.0 Å². The molecule has 5 nitrogen and oxygen atoms in total. The van der Waals surface area contributed by atoms with Crippen molar-refractivity contribution in [1.82, 2.24) is 10.2 Å². The maximum absolute atomic E-state index is 11.6. The van der Waals surface area contributed by atoms with Crippen molar-refractivity contribution in [1.29, 1.82) is 0 Å². The Balaban J connectivity index is 2.24. The zero-order valence-electron chi connectivity index (χ0n) is 10.7. The van der Waals surface area contributed by atoms with Crippen molar-refractivity contribution in [2.24, 2.45) is 11.8 Å². The van der Waals surface area contributed by atoms with Gasteiger partial charge in [-0.3, -0.25) is 4.79 Å². The highest BCUT2D eigenvalue weighted by atomic mass is 16.4. The minimum atomic E-state index is -0.703. The van der Waals surface area contributed by atoms with E-state index in [-0.39, 0.29) is 18.5 Å². The van der Waals surface area contributed by atoms with Gasteiger partial charge in [0.15, 0.2) is 0 Å². The van der Waals surface area contributed by atoms with Crippen LogP contribution in [0.2, 0.25) is 0 Å². The normalized spacial score (nSPS) is 22.9. The van der Waals surface area contributed by atoms with Crippen LogP contribution in [0.4, 0.5) is 4.79 Å². The molecule has 0 aliphatic heterocycles. The molecule has 1 rings (SSSR count). The average Bonchev–Trinajstić information content (AvgIpc) is 2.36. The minimum absolute atomic E-state index is 0.173. The van der Waals surface area contributed by atoms with Crippen molar-refractivity contribution < 1.29 is 14.7 Å². The van der Waals surface area contributed by atoms with Gasteiger partial charge in [-0.05, 0) is 31.6 Å². The summed E-state index contributed by atoms with van der Waals surface area (Å²) in [6.45, 7) is 0.887. The number of carboxylic acids is 1. The smallest absolute Gasteiger partial charge is 0.317 e. The molecule has 1 fully saturated rings. The second-order valence-corrected chi connectivity index (χ2v) is 4.80. The number of aliphatic carboxylic acids is 1. The van der Waals surface area contributed by atoms with Gasteiger partial charge in [-0.2, -0.15) is 0 Å². The van der Waals surface area contributed by atoms with E-state index >= 15 is 0 Å². The van der Waals surface area contributed by atoms with Crippen LogP contribution in [0.3, 0.4) is 0 Å². The summed E-state index contributed by atoms with van der Waals surface area (Å²) in [6, 6.07) is -0.173. The molecule has 0 saturated heterocycles. The molecule has 1 saturated carbocycles. The van der Waals surface area contributed by atoms with Crippen LogP contribution in [0.5, 0.6) is 0 Å². The number of carbonyl (C=O) groups excluding carboxylic acids is 1. The Morgan fingerprint density at radius 2 is 2.00 bits per heavy atom. The number of terminal acetylenes is 1. The third kappa shape index (κ3) is 4.28. The van der Waals surface area contributed by atoms with Crippen molar-refractivity contribution in [2.45, 2.75) is 25.7 Å². The van der Waals surface area contributed by atoms with Crippen LogP contribution in [0.25, 0.3) is 0 Å². The highest BCUT2D eigenvalue weighted by Crippen LogP contribution is 2.28. The van der Waals surface area contributed by atoms with Crippen LogP contribution in [-0.4, -0.2) is 42.1 Å². The first-order valence-electron chi connectivity index (χ1n) is 6.19. The molecule has 2 amide bonds. The Morgan fingerprint density at radius 1 is 1.39 bits per heavy atom. The lowest BCUT2D eigenvalue weighted by molar-refractivity contribution is -0.143. The molecule has 0 radical (unpaired) electrons. The fourth-order valence-corrected chi connectivity index (χ4v) is 2.19. The van der Waals surface area contributed by atoms with E-state index in [0.29, 0.717) is 25.3 Å². The van der Waals surface area contributed by atoms with Gasteiger partial charge in [0, 0.05) is 13.6 Å². The summed E-state index contributed by atoms with van der Waals surface area (Å²) in [5.41, 5.74) is 0. The monoisotopic (exact) mass is 252 g/mol. The van der Waals surface area contributed by atoms with Crippen molar-refractivity contribution in [2.75, 3.05) is 20.1 Å². The van der Waals surface area contributed by atoms with Gasteiger partial charge in [0.2, 0.25) is 0 Å². The molecule has 5 heteroatoms. The molecule has 2 N–H and O–H groups in total. The van der Waals surface area contributed by atoms with Gasteiger partial charge < -0.3 is 15.3 Å². The molecule has 18 heavy (non-hydrogen) atoms. The van der Waals surface area contributed by atoms with Gasteiger partial charge >= 0.3 is 12.0 Å². The van der Waals surface area contributed by atoms with Crippen LogP contribution in [0, 0.1) is 24.2 Å². The van der Waals surface area contributed by atoms with Crippen LogP contribution in [0.15, 0.2) is 0 Å². The summed E-state index contributed by atoms with van der Waals surface area (Å²) in [5.74, 6) is 1.87. The van der Waals surface area contributed by atoms with Crippen LogP contribution in [0.1, 0.15) is 25.7 Å². The fraction of sp³-hybridized carbons (Fsp3) is 0.692. The Morgan fingerprint density at radius 3 is 2.50 bits per heavy atom. The van der Waals surface area contributed by atoms with E-state index < -0.39 is 5.97 Å². The first kappa shape index (κ1) is 14.4. The Kier molecular flexibility index (Phi) is 5.50. The Labute approximate surface area is 108 Å². The predicted molar refractivity (Wildman–Crippen MR) is 67.9 cm³/mol. The molecular formula is C13H20N2O3. The molecule has 0 aromatic heterocycles. The van der Waals surface area contributed by atoms with Gasteiger partial charge in [-0.25, -0.2) is 4.79 Å². The van der Waals surface area contributed by atoms with Crippen molar-refractivity contribution in [3.63, 3.8) is 0 Å². The quantitative estimate of drug-likeness (QED) is 0.737. The number of hydrogen-bond acceptors (Lipinski definition) is 2. The number of carbonyl (C=O) groups is 2. The molecule has 0 bridgehead atoms. The van der Waals surface area contributed by atoms with E-state index in [2.05, 4.69) is 11.2 Å². The van der Waals surface area contributed by atoms with E-state index in [1.54, 1.807) is 7.05 Å². The first-order valence-corrected chi connectivity index (χ1v) is 6.19. The Bertz CT molecular complexity index is 341. The topological polar surface area (TPSA) is 69.6 Å². The average molecular weight is 252 g/mol. The lowest BCUT2D eigenvalue weighted by atomic mass is 9.82. The van der Waals surface area contributed by atoms with E-state index in [1.165, 1.54) is 4.90 Å². The molecule has 1 aliphatic rings. The second kappa shape index (κ2) is 6.90. The Hall–Kier alpha value is -1.70. The fourth-order valence-electron chi connectivity index (χ4n) is 2.19. The molecular weight excluding hydrogens is 232 g/mol. The summed E-state index contributed by atoms with van der Waals surface area (Å²) in [7, 11) is 1.65. The van der Waals surface area contributed by atoms with Crippen molar-refractivity contribution in [3.05, 3.63) is 0 Å². The molecule has 0 aromatic carbocycles. The van der Waals surface area contributed by atoms with Crippen molar-refractivity contribution in [3.8, 4) is 12.3 Å². The second-order valence-electron chi connectivity index (χ2n) is 4.80. The predicted octanol–water partition coefficient (Wildman–Crippen LogP) is 1.15. The lowest BCUT2D eigenvalue weighted by Gasteiger charge is -2.26. The number of rotatable bonds is 4. The van der Waals surface area contributed by atoms with Gasteiger partial charge in [0.05, 0.1) is 12.5 Å². The molecule has 0 unspecified atom stereocenters. The zero-order valence-corrected chi connectivity index (χ0v) is 10.7. The van der Waals surface area contributed by atoms with Crippen LogP contribution >= 0.6 is 0 Å². The third-order valence-corrected chi connectivity index (χ3v) is 3.41. The highest BCUT2D eigenvalue weighted by molar-refractivity contribution is 5.74. The van der Waals surface area contributed by atoms with E-state index in [4.69, 9.17) is 11.5 Å². The number of carboxylic acid groups (broad SMARTS) is 1. The number of nitrogens with one attached hydrogen (secondary N) is 1. The number of hydrogen-bond donors (Lipinski definition) is 2. The summed E-state index contributed by atoms with van der Waals surface area (Å²) in [4.78, 5) is 23.8. The molecule has 0 heterocycles. The summed E-state index contributed by atoms with van der Waals surface area (Å²) < 4.78 is 0. The maximum Gasteiger partial charge on any atom is 0.317 e. The SMILES string of the molecule is C#CCN(C)C(=O)NCC1CCC(C(=O)O)CC1. The zero-order chi connectivity index (χ0) is 13.5. The van der Waals surface area contributed by atoms with Gasteiger partial charge in [0.25, 0.3) is 0 Å². The molecule has 0 aromatic rings. The highest BCUT2D eigenvalue weighted by Gasteiger charge is 2.26. The summed E-state index contributed by atoms with van der Waals surface area (Å²) in [6.07, 6.45) is 8.25. The van der Waals surface area contributed by atoms with E-state index in [1.807, 2.05) is 0 Å². The largest absolute Gasteiger partial charge is 0.481 e. The standard InChI is InChI=1S/C13H20N2O3/c1-3-8-15(2)13(18)14-9-10-4-6-11(7-5-10)12(16)17/h1,10-11H,4-9H2,2H3,(H,14,18)(H,16,17). The molecule has 1 aliphatic carbocycles. The molecule has 0 atom stereocenters. The van der Waals surface area contributed by atoms with E-state index in [0.717, 1.165) is 12.8 Å². The van der Waals surface area contributed by atoms with Gasteiger partial charge in [0.1, 0.15) is 0 Å². The summed E-state index contributed by atoms with van der Waals surface area (Å²) in [5, 5.41) is 11.7. The molecule has 100 valence electrons. The number of amides is 2. The van der Waals surface area contributed by atoms with Gasteiger partial charge in [-0.15, -0.1) is 6.42 Å². The summed E-state index contributed by atoms with van der Waals surface area (Å²) >= 11 is 0.